The van der Waals surface area contributed by atoms with Crippen LogP contribution in [0.25, 0.3) is 0 Å². The van der Waals surface area contributed by atoms with Gasteiger partial charge < -0.3 is 0 Å². The van der Waals surface area contributed by atoms with E-state index in [1.165, 1.54) is 77.0 Å². The number of hydrogen-bond donors (Lipinski definition) is 0. The lowest BCUT2D eigenvalue weighted by Gasteiger charge is -2.47. The second kappa shape index (κ2) is 6.48. The lowest BCUT2D eigenvalue weighted by molar-refractivity contribution is 0.0373. The maximum atomic E-state index is 2.68. The summed E-state index contributed by atoms with van der Waals surface area (Å²) in [5.74, 6) is 4.03. The summed E-state index contributed by atoms with van der Waals surface area (Å²) in [6.07, 6.45) is 18.1. The van der Waals surface area contributed by atoms with Gasteiger partial charge in [-0.2, -0.15) is 0 Å². The predicted molar refractivity (Wildman–Crippen MR) is 96.9 cm³/mol. The lowest BCUT2D eigenvalue weighted by atomic mass is 9.59. The van der Waals surface area contributed by atoms with Gasteiger partial charge in [0, 0.05) is 0 Å². The molecule has 0 aliphatic heterocycles. The minimum absolute atomic E-state index is 0.659. The minimum Gasteiger partial charge on any atom is -0.0651 e. The summed E-state index contributed by atoms with van der Waals surface area (Å²) in [5.41, 5.74) is 1.34. The second-order valence-electron chi connectivity index (χ2n) is 9.80. The van der Waals surface area contributed by atoms with Crippen molar-refractivity contribution >= 4 is 0 Å². The fraction of sp³-hybridized carbons (Fsp3) is 1.00. The van der Waals surface area contributed by atoms with Gasteiger partial charge in [-0.25, -0.2) is 0 Å². The third kappa shape index (κ3) is 2.89. The molecule has 22 heavy (non-hydrogen) atoms. The van der Waals surface area contributed by atoms with Gasteiger partial charge in [0.2, 0.25) is 0 Å². The Morgan fingerprint density at radius 1 is 0.818 bits per heavy atom. The Hall–Kier alpha value is 0. The highest BCUT2D eigenvalue weighted by Crippen LogP contribution is 2.58. The molecule has 0 aromatic carbocycles. The van der Waals surface area contributed by atoms with Gasteiger partial charge in [0.05, 0.1) is 0 Å². The summed E-state index contributed by atoms with van der Waals surface area (Å²) in [5, 5.41) is 0. The van der Waals surface area contributed by atoms with Gasteiger partial charge in [-0.15, -0.1) is 0 Å². The van der Waals surface area contributed by atoms with Gasteiger partial charge in [-0.1, -0.05) is 59.8 Å². The highest BCUT2D eigenvalue weighted by Gasteiger charge is 2.48. The Morgan fingerprint density at radius 2 is 1.59 bits per heavy atom. The summed E-state index contributed by atoms with van der Waals surface area (Å²) in [4.78, 5) is 0. The van der Waals surface area contributed by atoms with Crippen molar-refractivity contribution in [1.82, 2.24) is 0 Å². The SMILES string of the molecule is CC[C@H]1CCC2C(C)CCC3CCCC[C@]3(C)CCC[C@@]21C. The van der Waals surface area contributed by atoms with E-state index in [1.54, 1.807) is 0 Å². The Kier molecular flexibility index (Phi) is 4.96. The zero-order valence-electron chi connectivity index (χ0n) is 15.8. The van der Waals surface area contributed by atoms with Crippen LogP contribution < -0.4 is 0 Å². The van der Waals surface area contributed by atoms with Crippen molar-refractivity contribution < 1.29 is 0 Å². The molecular weight excluding hydrogens is 264 g/mol. The standard InChI is InChI=1S/C22H40/c1-5-18-12-13-20-17(2)10-11-19-9-6-7-14-21(19,3)15-8-16-22(18,20)4/h17-20H,5-16H2,1-4H3/t17?,18-,19?,20?,21+,22+/m0/s1. The van der Waals surface area contributed by atoms with Crippen LogP contribution in [0.2, 0.25) is 0 Å². The minimum atomic E-state index is 0.659. The van der Waals surface area contributed by atoms with Gasteiger partial charge in [-0.05, 0) is 79.4 Å². The van der Waals surface area contributed by atoms with Crippen molar-refractivity contribution in [1.29, 1.82) is 0 Å². The average molecular weight is 305 g/mol. The van der Waals surface area contributed by atoms with Crippen molar-refractivity contribution in [2.24, 2.45) is 34.5 Å². The molecule has 0 radical (unpaired) electrons. The van der Waals surface area contributed by atoms with Crippen molar-refractivity contribution in [3.63, 3.8) is 0 Å². The van der Waals surface area contributed by atoms with E-state index < -0.39 is 0 Å². The molecule has 3 aliphatic carbocycles. The molecule has 0 aromatic heterocycles. The quantitative estimate of drug-likeness (QED) is 0.479. The van der Waals surface area contributed by atoms with Crippen LogP contribution in [0.3, 0.4) is 0 Å². The Balaban J connectivity index is 1.79. The summed E-state index contributed by atoms with van der Waals surface area (Å²) in [6, 6.07) is 0. The summed E-state index contributed by atoms with van der Waals surface area (Å²) < 4.78 is 0. The number of hydrogen-bond acceptors (Lipinski definition) is 0. The number of fused-ring (bicyclic) bond motifs is 2. The molecule has 3 unspecified atom stereocenters. The zero-order valence-corrected chi connectivity index (χ0v) is 15.8. The van der Waals surface area contributed by atoms with Crippen LogP contribution in [0.1, 0.15) is 105 Å². The second-order valence-corrected chi connectivity index (χ2v) is 9.80. The molecule has 0 heterocycles. The van der Waals surface area contributed by atoms with Crippen LogP contribution in [0.15, 0.2) is 0 Å². The molecule has 6 atom stereocenters. The molecular formula is C22H40. The molecule has 3 saturated carbocycles. The molecule has 0 amide bonds. The van der Waals surface area contributed by atoms with E-state index in [2.05, 4.69) is 27.7 Å². The molecule has 0 bridgehead atoms. The van der Waals surface area contributed by atoms with Crippen LogP contribution in [-0.4, -0.2) is 0 Å². The van der Waals surface area contributed by atoms with Gasteiger partial charge in [-0.3, -0.25) is 0 Å². The van der Waals surface area contributed by atoms with Gasteiger partial charge >= 0.3 is 0 Å². The highest BCUT2D eigenvalue weighted by molar-refractivity contribution is 4.98. The summed E-state index contributed by atoms with van der Waals surface area (Å²) in [6.45, 7) is 10.4. The van der Waals surface area contributed by atoms with E-state index in [0.29, 0.717) is 10.8 Å². The highest BCUT2D eigenvalue weighted by atomic mass is 14.5. The fourth-order valence-corrected chi connectivity index (χ4v) is 7.17. The van der Waals surface area contributed by atoms with Gasteiger partial charge in [0.15, 0.2) is 0 Å². The molecule has 3 aliphatic rings. The topological polar surface area (TPSA) is 0 Å². The molecule has 128 valence electrons. The fourth-order valence-electron chi connectivity index (χ4n) is 7.17. The van der Waals surface area contributed by atoms with E-state index in [4.69, 9.17) is 0 Å². The van der Waals surface area contributed by atoms with Crippen molar-refractivity contribution in [2.75, 3.05) is 0 Å². The van der Waals surface area contributed by atoms with Crippen LogP contribution in [0.5, 0.6) is 0 Å². The van der Waals surface area contributed by atoms with Crippen LogP contribution in [0.4, 0.5) is 0 Å². The van der Waals surface area contributed by atoms with E-state index in [9.17, 15) is 0 Å². The van der Waals surface area contributed by atoms with Crippen molar-refractivity contribution in [3.05, 3.63) is 0 Å². The Morgan fingerprint density at radius 3 is 2.36 bits per heavy atom. The van der Waals surface area contributed by atoms with E-state index >= 15 is 0 Å². The molecule has 0 saturated heterocycles. The average Bonchev–Trinajstić information content (AvgIpc) is 2.82. The van der Waals surface area contributed by atoms with Gasteiger partial charge in [0.25, 0.3) is 0 Å². The normalized spacial score (nSPS) is 50.2. The first-order chi connectivity index (χ1) is 10.5. The zero-order chi connectivity index (χ0) is 15.8. The predicted octanol–water partition coefficient (Wildman–Crippen LogP) is 7.23. The maximum Gasteiger partial charge on any atom is -0.0267 e. The van der Waals surface area contributed by atoms with E-state index in [1.807, 2.05) is 0 Å². The van der Waals surface area contributed by atoms with Gasteiger partial charge in [0.1, 0.15) is 0 Å². The van der Waals surface area contributed by atoms with Crippen LogP contribution in [-0.2, 0) is 0 Å². The number of rotatable bonds is 1. The summed E-state index contributed by atoms with van der Waals surface area (Å²) in [7, 11) is 0. The lowest BCUT2D eigenvalue weighted by Crippen LogP contribution is -2.37. The van der Waals surface area contributed by atoms with E-state index in [0.717, 1.165) is 23.7 Å². The monoisotopic (exact) mass is 304 g/mol. The summed E-state index contributed by atoms with van der Waals surface area (Å²) >= 11 is 0. The maximum absolute atomic E-state index is 2.68. The third-order valence-electron chi connectivity index (χ3n) is 8.76. The van der Waals surface area contributed by atoms with Crippen molar-refractivity contribution in [3.8, 4) is 0 Å². The third-order valence-corrected chi connectivity index (χ3v) is 8.76. The first-order valence-electron chi connectivity index (χ1n) is 10.5. The molecule has 3 rings (SSSR count). The molecule has 0 heteroatoms. The molecule has 0 N–H and O–H groups in total. The first kappa shape index (κ1) is 16.8. The van der Waals surface area contributed by atoms with Crippen molar-refractivity contribution in [2.45, 2.75) is 105 Å². The molecule has 0 aromatic rings. The van der Waals surface area contributed by atoms with Crippen LogP contribution >= 0.6 is 0 Å². The first-order valence-corrected chi connectivity index (χ1v) is 10.5. The smallest absolute Gasteiger partial charge is 0.0267 e. The molecule has 3 fully saturated rings. The Labute approximate surface area is 139 Å². The molecule has 0 spiro atoms. The van der Waals surface area contributed by atoms with E-state index in [-0.39, 0.29) is 0 Å². The molecule has 0 nitrogen and oxygen atoms in total. The van der Waals surface area contributed by atoms with Crippen LogP contribution in [0, 0.1) is 34.5 Å². The largest absolute Gasteiger partial charge is 0.0651 e. The Bertz CT molecular complexity index is 372.